The first kappa shape index (κ1) is 16.7. The van der Waals surface area contributed by atoms with Crippen LogP contribution in [0.4, 0.5) is 0 Å². The number of benzene rings is 1. The van der Waals surface area contributed by atoms with Crippen molar-refractivity contribution in [2.45, 2.75) is 19.8 Å². The number of carbonyl (C=O) groups is 1. The Kier molecular flexibility index (Phi) is 9.06. The molecule has 0 unspecified atom stereocenters. The highest BCUT2D eigenvalue weighted by Crippen LogP contribution is 2.16. The lowest BCUT2D eigenvalue weighted by Gasteiger charge is -2.08. The summed E-state index contributed by atoms with van der Waals surface area (Å²) in [6.45, 7) is 3.58. The predicted molar refractivity (Wildman–Crippen MR) is 75.2 cm³/mol. The van der Waals surface area contributed by atoms with Gasteiger partial charge in [0.1, 0.15) is 5.75 Å². The number of aryl methyl sites for hydroxylation is 1. The summed E-state index contributed by atoms with van der Waals surface area (Å²) < 4.78 is 5.59. The Morgan fingerprint density at radius 2 is 2.11 bits per heavy atom. The van der Waals surface area contributed by atoms with Crippen LogP contribution >= 0.6 is 12.4 Å². The molecule has 0 aliphatic rings. The average molecular weight is 273 g/mol. The highest BCUT2D eigenvalue weighted by atomic mass is 35.5. The number of nitrogens with two attached hydrogens (primary N) is 1. The Morgan fingerprint density at radius 1 is 1.39 bits per heavy atom. The maximum absolute atomic E-state index is 11.3. The Bertz CT molecular complexity index is 359. The van der Waals surface area contributed by atoms with Gasteiger partial charge in [-0.25, -0.2) is 0 Å². The summed E-state index contributed by atoms with van der Waals surface area (Å²) in [5.41, 5.74) is 6.40. The van der Waals surface area contributed by atoms with Gasteiger partial charge in [0.2, 0.25) is 5.91 Å². The van der Waals surface area contributed by atoms with Crippen molar-refractivity contribution in [2.24, 2.45) is 5.73 Å². The van der Waals surface area contributed by atoms with Crippen LogP contribution in [0.25, 0.3) is 0 Å². The number of carbonyl (C=O) groups excluding carboxylic acids is 1. The second-order valence-corrected chi connectivity index (χ2v) is 3.86. The molecule has 0 heterocycles. The molecule has 0 fully saturated rings. The zero-order chi connectivity index (χ0) is 12.5. The second kappa shape index (κ2) is 9.74. The quantitative estimate of drug-likeness (QED) is 0.742. The number of para-hydroxylation sites is 1. The summed E-state index contributed by atoms with van der Waals surface area (Å²) >= 11 is 0. The van der Waals surface area contributed by atoms with Crippen molar-refractivity contribution in [3.63, 3.8) is 0 Å². The highest BCUT2D eigenvalue weighted by Gasteiger charge is 2.01. The Labute approximate surface area is 114 Å². The smallest absolute Gasteiger partial charge is 0.220 e. The SMILES string of the molecule is Cc1ccccc1OCCCC(=O)NCCN.Cl. The Balaban J connectivity index is 0.00000289. The van der Waals surface area contributed by atoms with Crippen LogP contribution in [0.1, 0.15) is 18.4 Å². The zero-order valence-electron chi connectivity index (χ0n) is 10.6. The van der Waals surface area contributed by atoms with Gasteiger partial charge in [-0.15, -0.1) is 12.4 Å². The van der Waals surface area contributed by atoms with E-state index in [1.807, 2.05) is 31.2 Å². The Morgan fingerprint density at radius 3 is 2.78 bits per heavy atom. The fourth-order valence-electron chi connectivity index (χ4n) is 1.43. The summed E-state index contributed by atoms with van der Waals surface area (Å²) in [5.74, 6) is 0.915. The number of rotatable bonds is 7. The minimum Gasteiger partial charge on any atom is -0.493 e. The minimum atomic E-state index is 0. The molecular weight excluding hydrogens is 252 g/mol. The summed E-state index contributed by atoms with van der Waals surface area (Å²) in [7, 11) is 0. The molecule has 0 bridgehead atoms. The first-order valence-corrected chi connectivity index (χ1v) is 5.89. The number of ether oxygens (including phenoxy) is 1. The molecule has 1 aromatic carbocycles. The lowest BCUT2D eigenvalue weighted by molar-refractivity contribution is -0.121. The van der Waals surface area contributed by atoms with E-state index in [2.05, 4.69) is 5.32 Å². The fourth-order valence-corrected chi connectivity index (χ4v) is 1.43. The van der Waals surface area contributed by atoms with Gasteiger partial charge in [-0.3, -0.25) is 4.79 Å². The largest absolute Gasteiger partial charge is 0.493 e. The standard InChI is InChI=1S/C13H20N2O2.ClH/c1-11-5-2-3-6-12(11)17-10-4-7-13(16)15-9-8-14;/h2-3,5-6H,4,7-10,14H2,1H3,(H,15,16);1H. The minimum absolute atomic E-state index is 0. The van der Waals surface area contributed by atoms with E-state index in [0.717, 1.165) is 11.3 Å². The van der Waals surface area contributed by atoms with Gasteiger partial charge < -0.3 is 15.8 Å². The molecule has 0 aromatic heterocycles. The lowest BCUT2D eigenvalue weighted by Crippen LogP contribution is -2.29. The first-order valence-electron chi connectivity index (χ1n) is 5.89. The van der Waals surface area contributed by atoms with Crippen LogP contribution in [0.15, 0.2) is 24.3 Å². The van der Waals surface area contributed by atoms with Crippen molar-refractivity contribution in [1.29, 1.82) is 0 Å². The van der Waals surface area contributed by atoms with Crippen molar-refractivity contribution in [3.05, 3.63) is 29.8 Å². The van der Waals surface area contributed by atoms with E-state index in [1.54, 1.807) is 0 Å². The molecule has 4 nitrogen and oxygen atoms in total. The third-order valence-corrected chi connectivity index (χ3v) is 2.37. The topological polar surface area (TPSA) is 64.3 Å². The summed E-state index contributed by atoms with van der Waals surface area (Å²) in [5, 5.41) is 2.72. The van der Waals surface area contributed by atoms with E-state index in [0.29, 0.717) is 32.5 Å². The van der Waals surface area contributed by atoms with Gasteiger partial charge in [-0.05, 0) is 25.0 Å². The molecule has 0 saturated carbocycles. The maximum Gasteiger partial charge on any atom is 0.220 e. The van der Waals surface area contributed by atoms with Crippen molar-refractivity contribution in [3.8, 4) is 5.75 Å². The van der Waals surface area contributed by atoms with Gasteiger partial charge in [0, 0.05) is 19.5 Å². The summed E-state index contributed by atoms with van der Waals surface area (Å²) in [4.78, 5) is 11.3. The van der Waals surface area contributed by atoms with Gasteiger partial charge in [0.25, 0.3) is 0 Å². The molecule has 0 saturated heterocycles. The molecule has 0 aliphatic heterocycles. The zero-order valence-corrected chi connectivity index (χ0v) is 11.5. The van der Waals surface area contributed by atoms with Crippen LogP contribution in [-0.2, 0) is 4.79 Å². The van der Waals surface area contributed by atoms with Crippen LogP contribution in [0.2, 0.25) is 0 Å². The molecule has 5 heteroatoms. The van der Waals surface area contributed by atoms with E-state index in [-0.39, 0.29) is 18.3 Å². The Hall–Kier alpha value is -1.26. The number of nitrogens with one attached hydrogen (secondary N) is 1. The number of halogens is 1. The fraction of sp³-hybridized carbons (Fsp3) is 0.462. The lowest BCUT2D eigenvalue weighted by atomic mass is 10.2. The van der Waals surface area contributed by atoms with Crippen LogP contribution in [0.5, 0.6) is 5.75 Å². The van der Waals surface area contributed by atoms with Gasteiger partial charge in [-0.2, -0.15) is 0 Å². The third-order valence-electron chi connectivity index (χ3n) is 2.37. The van der Waals surface area contributed by atoms with E-state index in [4.69, 9.17) is 10.5 Å². The van der Waals surface area contributed by atoms with Crippen LogP contribution in [-0.4, -0.2) is 25.6 Å². The molecule has 3 N–H and O–H groups in total. The molecule has 0 aliphatic carbocycles. The molecule has 0 spiro atoms. The molecule has 1 aromatic rings. The number of amides is 1. The molecule has 18 heavy (non-hydrogen) atoms. The van der Waals surface area contributed by atoms with Gasteiger partial charge >= 0.3 is 0 Å². The molecule has 1 rings (SSSR count). The van der Waals surface area contributed by atoms with Gasteiger partial charge in [0.15, 0.2) is 0 Å². The van der Waals surface area contributed by atoms with Gasteiger partial charge in [-0.1, -0.05) is 18.2 Å². The maximum atomic E-state index is 11.3. The van der Waals surface area contributed by atoms with Crippen molar-refractivity contribution < 1.29 is 9.53 Å². The number of hydrogen-bond acceptors (Lipinski definition) is 3. The summed E-state index contributed by atoms with van der Waals surface area (Å²) in [6, 6.07) is 7.85. The third kappa shape index (κ3) is 6.47. The van der Waals surface area contributed by atoms with Crippen molar-refractivity contribution >= 4 is 18.3 Å². The van der Waals surface area contributed by atoms with Crippen molar-refractivity contribution in [2.75, 3.05) is 19.7 Å². The predicted octanol–water partition coefficient (Wildman–Crippen LogP) is 1.65. The van der Waals surface area contributed by atoms with E-state index in [9.17, 15) is 4.79 Å². The molecule has 0 radical (unpaired) electrons. The van der Waals surface area contributed by atoms with E-state index >= 15 is 0 Å². The molecular formula is C13H21ClN2O2. The molecule has 102 valence electrons. The normalized spacial score (nSPS) is 9.44. The molecule has 0 atom stereocenters. The first-order chi connectivity index (χ1) is 8.24. The van der Waals surface area contributed by atoms with Crippen LogP contribution < -0.4 is 15.8 Å². The highest BCUT2D eigenvalue weighted by molar-refractivity contribution is 5.85. The monoisotopic (exact) mass is 272 g/mol. The molecule has 1 amide bonds. The van der Waals surface area contributed by atoms with Crippen LogP contribution in [0.3, 0.4) is 0 Å². The second-order valence-electron chi connectivity index (χ2n) is 3.86. The van der Waals surface area contributed by atoms with E-state index in [1.165, 1.54) is 0 Å². The van der Waals surface area contributed by atoms with Gasteiger partial charge in [0.05, 0.1) is 6.61 Å². The van der Waals surface area contributed by atoms with Crippen LogP contribution in [0, 0.1) is 6.92 Å². The van der Waals surface area contributed by atoms with E-state index < -0.39 is 0 Å². The average Bonchev–Trinajstić information content (AvgIpc) is 2.34. The number of hydrogen-bond donors (Lipinski definition) is 2. The van der Waals surface area contributed by atoms with Crippen molar-refractivity contribution in [1.82, 2.24) is 5.32 Å². The summed E-state index contributed by atoms with van der Waals surface area (Å²) in [6.07, 6.45) is 1.19.